The second-order valence-corrected chi connectivity index (χ2v) is 5.05. The quantitative estimate of drug-likeness (QED) is 0.607. The second kappa shape index (κ2) is 7.58. The molecular weight excluding hydrogens is 299 g/mol. The zero-order valence-corrected chi connectivity index (χ0v) is 13.4. The molecule has 0 amide bonds. The molecule has 0 aliphatic heterocycles. The molecule has 0 N–H and O–H groups in total. The number of rotatable bonds is 6. The van der Waals surface area contributed by atoms with Crippen molar-refractivity contribution < 1.29 is 18.7 Å². The first-order chi connectivity index (χ1) is 11.0. The van der Waals surface area contributed by atoms with Crippen LogP contribution in [0.5, 0.6) is 5.75 Å². The molecule has 122 valence electrons. The smallest absolute Gasteiger partial charge is 0.330 e. The average Bonchev–Trinajstić information content (AvgIpc) is 2.83. The van der Waals surface area contributed by atoms with Gasteiger partial charge in [0.25, 0.3) is 0 Å². The van der Waals surface area contributed by atoms with Gasteiger partial charge in [-0.2, -0.15) is 5.10 Å². The summed E-state index contributed by atoms with van der Waals surface area (Å²) in [5.74, 6) is -0.801. The summed E-state index contributed by atoms with van der Waals surface area (Å²) in [6.45, 7) is 4.57. The maximum Gasteiger partial charge on any atom is 0.330 e. The largest absolute Gasteiger partial charge is 0.494 e. The van der Waals surface area contributed by atoms with Crippen molar-refractivity contribution in [3.63, 3.8) is 0 Å². The fraction of sp³-hybridized carbons (Fsp3) is 0.294. The summed E-state index contributed by atoms with van der Waals surface area (Å²) in [6, 6.07) is 6.41. The van der Waals surface area contributed by atoms with Gasteiger partial charge in [-0.15, -0.1) is 0 Å². The molecule has 1 heterocycles. The van der Waals surface area contributed by atoms with Crippen LogP contribution < -0.4 is 4.74 Å². The fourth-order valence-electron chi connectivity index (χ4n) is 2.13. The Morgan fingerprint density at radius 3 is 2.74 bits per heavy atom. The van der Waals surface area contributed by atoms with Crippen LogP contribution >= 0.6 is 0 Å². The fourth-order valence-corrected chi connectivity index (χ4v) is 2.13. The Kier molecular flexibility index (Phi) is 5.51. The van der Waals surface area contributed by atoms with Gasteiger partial charge in [0.2, 0.25) is 0 Å². The van der Waals surface area contributed by atoms with E-state index in [0.717, 1.165) is 11.4 Å². The highest BCUT2D eigenvalue weighted by atomic mass is 19.1. The van der Waals surface area contributed by atoms with E-state index < -0.39 is 11.8 Å². The standard InChI is InChI=1S/C17H19FN2O3/c1-12-10-13(2)20(19-12)8-9-23-17(21)7-5-14-4-6-16(22-3)15(18)11-14/h4-7,10-11H,8-9H2,1-3H3/b7-5+. The molecule has 2 rings (SSSR count). The molecule has 0 saturated heterocycles. The van der Waals surface area contributed by atoms with Gasteiger partial charge in [0.15, 0.2) is 11.6 Å². The number of carbonyl (C=O) groups is 1. The molecule has 6 heteroatoms. The minimum absolute atomic E-state index is 0.162. The Labute approximate surface area is 134 Å². The summed E-state index contributed by atoms with van der Waals surface area (Å²) in [5.41, 5.74) is 2.50. The van der Waals surface area contributed by atoms with Crippen LogP contribution in [0.2, 0.25) is 0 Å². The van der Waals surface area contributed by atoms with Crippen LogP contribution in [0.3, 0.4) is 0 Å². The van der Waals surface area contributed by atoms with E-state index in [9.17, 15) is 9.18 Å². The summed E-state index contributed by atoms with van der Waals surface area (Å²) < 4.78 is 25.2. The predicted octanol–water partition coefficient (Wildman–Crippen LogP) is 2.90. The van der Waals surface area contributed by atoms with Crippen molar-refractivity contribution in [2.45, 2.75) is 20.4 Å². The molecule has 0 fully saturated rings. The molecular formula is C17H19FN2O3. The van der Waals surface area contributed by atoms with Crippen molar-refractivity contribution in [3.8, 4) is 5.75 Å². The van der Waals surface area contributed by atoms with Crippen LogP contribution in [0.25, 0.3) is 6.08 Å². The first-order valence-electron chi connectivity index (χ1n) is 7.19. The van der Waals surface area contributed by atoms with Gasteiger partial charge >= 0.3 is 5.97 Å². The zero-order chi connectivity index (χ0) is 16.8. The van der Waals surface area contributed by atoms with Crippen molar-refractivity contribution in [1.82, 2.24) is 9.78 Å². The molecule has 0 radical (unpaired) electrons. The Bertz CT molecular complexity index is 723. The van der Waals surface area contributed by atoms with E-state index in [4.69, 9.17) is 9.47 Å². The highest BCUT2D eigenvalue weighted by Gasteiger charge is 2.04. The highest BCUT2D eigenvalue weighted by Crippen LogP contribution is 2.18. The van der Waals surface area contributed by atoms with Crippen molar-refractivity contribution in [3.05, 3.63) is 53.1 Å². The average molecular weight is 318 g/mol. The van der Waals surface area contributed by atoms with E-state index in [2.05, 4.69) is 5.10 Å². The minimum atomic E-state index is -0.484. The van der Waals surface area contributed by atoms with E-state index >= 15 is 0 Å². The maximum atomic E-state index is 13.5. The SMILES string of the molecule is COc1ccc(/C=C/C(=O)OCCn2nc(C)cc2C)cc1F. The number of nitrogens with zero attached hydrogens (tertiary/aromatic N) is 2. The molecule has 0 atom stereocenters. The van der Waals surface area contributed by atoms with Gasteiger partial charge in [0.05, 0.1) is 19.3 Å². The molecule has 0 aliphatic rings. The third-order valence-electron chi connectivity index (χ3n) is 3.24. The number of methoxy groups -OCH3 is 1. The first-order valence-corrected chi connectivity index (χ1v) is 7.19. The van der Waals surface area contributed by atoms with Crippen LogP contribution in [-0.4, -0.2) is 29.5 Å². The normalized spacial score (nSPS) is 11.0. The summed E-state index contributed by atoms with van der Waals surface area (Å²) in [7, 11) is 1.40. The van der Waals surface area contributed by atoms with Gasteiger partial charge in [-0.3, -0.25) is 4.68 Å². The highest BCUT2D eigenvalue weighted by molar-refractivity contribution is 5.87. The van der Waals surface area contributed by atoms with E-state index in [-0.39, 0.29) is 12.4 Å². The van der Waals surface area contributed by atoms with Gasteiger partial charge in [-0.25, -0.2) is 9.18 Å². The topological polar surface area (TPSA) is 53.4 Å². The summed E-state index contributed by atoms with van der Waals surface area (Å²) in [6.07, 6.45) is 2.76. The Morgan fingerprint density at radius 1 is 1.35 bits per heavy atom. The second-order valence-electron chi connectivity index (χ2n) is 5.05. The number of ether oxygens (including phenoxy) is 2. The van der Waals surface area contributed by atoms with Crippen LogP contribution in [0.15, 0.2) is 30.3 Å². The van der Waals surface area contributed by atoms with Crippen molar-refractivity contribution in [1.29, 1.82) is 0 Å². The minimum Gasteiger partial charge on any atom is -0.494 e. The lowest BCUT2D eigenvalue weighted by atomic mass is 10.2. The van der Waals surface area contributed by atoms with Gasteiger partial charge in [0.1, 0.15) is 6.61 Å². The monoisotopic (exact) mass is 318 g/mol. The van der Waals surface area contributed by atoms with E-state index in [1.165, 1.54) is 31.4 Å². The molecule has 5 nitrogen and oxygen atoms in total. The summed E-state index contributed by atoms with van der Waals surface area (Å²) in [5, 5.41) is 4.28. The van der Waals surface area contributed by atoms with Crippen LogP contribution in [0.1, 0.15) is 17.0 Å². The third kappa shape index (κ3) is 4.67. The molecule has 0 bridgehead atoms. The van der Waals surface area contributed by atoms with Crippen molar-refractivity contribution in [2.75, 3.05) is 13.7 Å². The number of halogens is 1. The van der Waals surface area contributed by atoms with E-state index in [1.54, 1.807) is 10.7 Å². The summed E-state index contributed by atoms with van der Waals surface area (Å²) >= 11 is 0. The number of carbonyl (C=O) groups excluding carboxylic acids is 1. The summed E-state index contributed by atoms with van der Waals surface area (Å²) in [4.78, 5) is 11.6. The van der Waals surface area contributed by atoms with Crippen LogP contribution in [0, 0.1) is 19.7 Å². The van der Waals surface area contributed by atoms with Gasteiger partial charge in [0, 0.05) is 11.8 Å². The Balaban J connectivity index is 1.84. The molecule has 0 unspecified atom stereocenters. The van der Waals surface area contributed by atoms with Gasteiger partial charge in [-0.05, 0) is 43.7 Å². The predicted molar refractivity (Wildman–Crippen MR) is 84.6 cm³/mol. The molecule has 23 heavy (non-hydrogen) atoms. The molecule has 0 aliphatic carbocycles. The van der Waals surface area contributed by atoms with Crippen molar-refractivity contribution in [2.24, 2.45) is 0 Å². The molecule has 2 aromatic rings. The lowest BCUT2D eigenvalue weighted by molar-refractivity contribution is -0.138. The van der Waals surface area contributed by atoms with Crippen LogP contribution in [0.4, 0.5) is 4.39 Å². The van der Waals surface area contributed by atoms with Gasteiger partial charge < -0.3 is 9.47 Å². The molecule has 1 aromatic heterocycles. The first kappa shape index (κ1) is 16.7. The Morgan fingerprint density at radius 2 is 2.13 bits per heavy atom. The maximum absolute atomic E-state index is 13.5. The van der Waals surface area contributed by atoms with E-state index in [1.807, 2.05) is 19.9 Å². The molecule has 0 spiro atoms. The lowest BCUT2D eigenvalue weighted by Gasteiger charge is -2.05. The van der Waals surface area contributed by atoms with Crippen molar-refractivity contribution >= 4 is 12.0 Å². The third-order valence-corrected chi connectivity index (χ3v) is 3.24. The number of esters is 1. The number of hydrogen-bond donors (Lipinski definition) is 0. The lowest BCUT2D eigenvalue weighted by Crippen LogP contribution is -2.11. The number of aromatic nitrogens is 2. The van der Waals surface area contributed by atoms with Crippen LogP contribution in [-0.2, 0) is 16.1 Å². The zero-order valence-electron chi connectivity index (χ0n) is 13.4. The number of aryl methyl sites for hydroxylation is 2. The van der Waals surface area contributed by atoms with E-state index in [0.29, 0.717) is 12.1 Å². The Hall–Kier alpha value is -2.63. The number of benzene rings is 1. The molecule has 1 aromatic carbocycles. The van der Waals surface area contributed by atoms with Gasteiger partial charge in [-0.1, -0.05) is 6.07 Å². The molecule has 0 saturated carbocycles. The number of hydrogen-bond acceptors (Lipinski definition) is 4.